The molecule has 3 heteroatoms. The molecule has 0 unspecified atom stereocenters. The van der Waals surface area contributed by atoms with Crippen molar-refractivity contribution in [1.29, 1.82) is 0 Å². The molecule has 0 aliphatic heterocycles. The van der Waals surface area contributed by atoms with E-state index in [1.807, 2.05) is 0 Å². The van der Waals surface area contributed by atoms with Crippen LogP contribution in [0.3, 0.4) is 0 Å². The second kappa shape index (κ2) is 11.4. The molecule has 0 atom stereocenters. The molecule has 0 amide bonds. The van der Waals surface area contributed by atoms with E-state index < -0.39 is 0 Å². The lowest BCUT2D eigenvalue weighted by molar-refractivity contribution is 0.660. The molecule has 0 N–H and O–H groups in total. The van der Waals surface area contributed by atoms with Crippen LogP contribution in [-0.2, 0) is 17.9 Å². The lowest BCUT2D eigenvalue weighted by Gasteiger charge is -2.31. The number of nitrogens with zero attached hydrogens (tertiary/aromatic N) is 3. The Balaban J connectivity index is 1.22. The number of benzene rings is 6. The molecule has 9 rings (SSSR count). The van der Waals surface area contributed by atoms with Crippen molar-refractivity contribution in [2.24, 2.45) is 7.05 Å². The summed E-state index contributed by atoms with van der Waals surface area (Å²) in [6.45, 7) is 11.7. The zero-order valence-electron chi connectivity index (χ0n) is 30.3. The van der Waals surface area contributed by atoms with Crippen LogP contribution in [-0.4, -0.2) is 4.57 Å². The lowest BCUT2D eigenvalue weighted by Crippen LogP contribution is -2.20. The monoisotopic (exact) mass is 661 g/mol. The maximum absolute atomic E-state index is 2.43. The van der Waals surface area contributed by atoms with Crippen molar-refractivity contribution < 1.29 is 0 Å². The summed E-state index contributed by atoms with van der Waals surface area (Å²) in [6.07, 6.45) is 0. The number of rotatable bonds is 6. The summed E-state index contributed by atoms with van der Waals surface area (Å²) in [5.41, 5.74) is 16.4. The maximum atomic E-state index is 2.43. The second-order valence-corrected chi connectivity index (χ2v) is 15.2. The van der Waals surface area contributed by atoms with Crippen molar-refractivity contribution in [3.05, 3.63) is 179 Å². The molecule has 3 nitrogen and oxygen atoms in total. The summed E-state index contributed by atoms with van der Waals surface area (Å²) >= 11 is 0. The van der Waals surface area contributed by atoms with Crippen molar-refractivity contribution in [1.82, 2.24) is 4.57 Å². The third kappa shape index (κ3) is 4.64. The van der Waals surface area contributed by atoms with E-state index >= 15 is 0 Å². The summed E-state index contributed by atoms with van der Waals surface area (Å²) in [5.74, 6) is 2.25. The lowest BCUT2D eigenvalue weighted by atomic mass is 9.82. The SMILES string of the molecule is Cc1cc(N(c2ccccc2)c2ccc3c(c2)C(C)(C)c2ccccc2-3)n(C)c1N(c1ccccc1)c1ccc2c(c1)C(C)(C)c1ccccc1-2. The van der Waals surface area contributed by atoms with Crippen molar-refractivity contribution in [3.8, 4) is 22.3 Å². The molecule has 0 saturated carbocycles. The van der Waals surface area contributed by atoms with Gasteiger partial charge in [-0.15, -0.1) is 0 Å². The van der Waals surface area contributed by atoms with Crippen LogP contribution in [0.1, 0.15) is 55.5 Å². The van der Waals surface area contributed by atoms with E-state index in [-0.39, 0.29) is 10.8 Å². The molecule has 0 fully saturated rings. The minimum atomic E-state index is -0.0934. The number of fused-ring (bicyclic) bond motifs is 6. The van der Waals surface area contributed by atoms with Gasteiger partial charge in [0.2, 0.25) is 0 Å². The predicted molar refractivity (Wildman–Crippen MR) is 215 cm³/mol. The van der Waals surface area contributed by atoms with Crippen LogP contribution in [0, 0.1) is 6.92 Å². The fraction of sp³-hybridized carbons (Fsp3) is 0.167. The molecule has 1 heterocycles. The van der Waals surface area contributed by atoms with Gasteiger partial charge in [0.1, 0.15) is 11.6 Å². The summed E-state index contributed by atoms with van der Waals surface area (Å²) in [6, 6.07) is 55.7. The van der Waals surface area contributed by atoms with Gasteiger partial charge in [-0.2, -0.15) is 0 Å². The molecule has 2 aliphatic rings. The Morgan fingerprint density at radius 1 is 0.412 bits per heavy atom. The molecule has 6 aromatic carbocycles. The van der Waals surface area contributed by atoms with Gasteiger partial charge in [-0.3, -0.25) is 9.80 Å². The molecule has 1 aromatic heterocycles. The van der Waals surface area contributed by atoms with Gasteiger partial charge in [0.05, 0.1) is 0 Å². The summed E-state index contributed by atoms with van der Waals surface area (Å²) in [5, 5.41) is 0. The Labute approximate surface area is 302 Å². The van der Waals surface area contributed by atoms with Crippen LogP contribution in [0.15, 0.2) is 152 Å². The second-order valence-electron chi connectivity index (χ2n) is 15.2. The van der Waals surface area contributed by atoms with E-state index in [2.05, 4.69) is 208 Å². The zero-order chi connectivity index (χ0) is 35.1. The Morgan fingerprint density at radius 2 is 0.824 bits per heavy atom. The molecule has 250 valence electrons. The Hall–Kier alpha value is -5.80. The van der Waals surface area contributed by atoms with Gasteiger partial charge < -0.3 is 4.57 Å². The average molecular weight is 662 g/mol. The van der Waals surface area contributed by atoms with E-state index in [0.29, 0.717) is 0 Å². The minimum absolute atomic E-state index is 0.0926. The Kier molecular flexibility index (Phi) is 6.95. The van der Waals surface area contributed by atoms with Gasteiger partial charge in [0.15, 0.2) is 0 Å². The first-order valence-corrected chi connectivity index (χ1v) is 18.0. The summed E-state index contributed by atoms with van der Waals surface area (Å²) in [4.78, 5) is 4.85. The van der Waals surface area contributed by atoms with E-state index in [1.54, 1.807) is 0 Å². The van der Waals surface area contributed by atoms with Crippen LogP contribution in [0.2, 0.25) is 0 Å². The van der Waals surface area contributed by atoms with Gasteiger partial charge in [-0.25, -0.2) is 0 Å². The average Bonchev–Trinajstić information content (AvgIpc) is 3.66. The number of aryl methyl sites for hydroxylation is 1. The summed E-state index contributed by atoms with van der Waals surface area (Å²) < 4.78 is 2.37. The normalized spacial score (nSPS) is 14.4. The van der Waals surface area contributed by atoms with Gasteiger partial charge in [0.25, 0.3) is 0 Å². The first-order valence-electron chi connectivity index (χ1n) is 18.0. The molecule has 0 bridgehead atoms. The first-order chi connectivity index (χ1) is 24.7. The van der Waals surface area contributed by atoms with Crippen molar-refractivity contribution in [2.75, 3.05) is 9.80 Å². The first kappa shape index (κ1) is 31.2. The zero-order valence-corrected chi connectivity index (χ0v) is 30.3. The smallest absolute Gasteiger partial charge is 0.122 e. The van der Waals surface area contributed by atoms with Crippen LogP contribution in [0.4, 0.5) is 34.4 Å². The van der Waals surface area contributed by atoms with Crippen LogP contribution < -0.4 is 9.80 Å². The summed E-state index contributed by atoms with van der Waals surface area (Å²) in [7, 11) is 2.21. The molecule has 7 aromatic rings. The maximum Gasteiger partial charge on any atom is 0.122 e. The van der Waals surface area contributed by atoms with Gasteiger partial charge >= 0.3 is 0 Å². The molecule has 0 saturated heterocycles. The number of hydrogen-bond acceptors (Lipinski definition) is 2. The standard InChI is InChI=1S/C48H43N3/c1-32-29-45(50(33-17-9-7-10-18-33)35-25-27-39-37-21-13-15-23-41(37)47(2,3)43(39)30-35)49(6)46(32)51(34-19-11-8-12-20-34)36-26-28-40-38-22-14-16-24-42(38)48(4,5)44(40)31-36/h7-31H,1-6H3. The number of para-hydroxylation sites is 2. The van der Waals surface area contributed by atoms with Crippen molar-refractivity contribution >= 4 is 34.4 Å². The van der Waals surface area contributed by atoms with E-state index in [1.165, 1.54) is 50.1 Å². The molecule has 0 radical (unpaired) electrons. The minimum Gasteiger partial charge on any atom is -0.316 e. The van der Waals surface area contributed by atoms with Crippen molar-refractivity contribution in [3.63, 3.8) is 0 Å². The van der Waals surface area contributed by atoms with E-state index in [0.717, 1.165) is 34.4 Å². The fourth-order valence-electron chi connectivity index (χ4n) is 8.89. The highest BCUT2D eigenvalue weighted by atomic mass is 15.3. The number of aromatic nitrogens is 1. The highest BCUT2D eigenvalue weighted by Gasteiger charge is 2.37. The van der Waals surface area contributed by atoms with E-state index in [4.69, 9.17) is 0 Å². The highest BCUT2D eigenvalue weighted by Crippen LogP contribution is 2.53. The van der Waals surface area contributed by atoms with Crippen LogP contribution >= 0.6 is 0 Å². The Morgan fingerprint density at radius 3 is 1.33 bits per heavy atom. The van der Waals surface area contributed by atoms with Crippen LogP contribution in [0.5, 0.6) is 0 Å². The third-order valence-electron chi connectivity index (χ3n) is 11.5. The molecule has 2 aliphatic carbocycles. The van der Waals surface area contributed by atoms with Crippen molar-refractivity contribution in [2.45, 2.75) is 45.4 Å². The van der Waals surface area contributed by atoms with Crippen LogP contribution in [0.25, 0.3) is 22.3 Å². The largest absolute Gasteiger partial charge is 0.316 e. The topological polar surface area (TPSA) is 11.4 Å². The third-order valence-corrected chi connectivity index (χ3v) is 11.5. The van der Waals surface area contributed by atoms with Gasteiger partial charge in [0, 0.05) is 40.6 Å². The van der Waals surface area contributed by atoms with E-state index in [9.17, 15) is 0 Å². The number of anilines is 6. The molecular formula is C48H43N3. The molecular weight excluding hydrogens is 619 g/mol. The quantitative estimate of drug-likeness (QED) is 0.176. The fourth-order valence-corrected chi connectivity index (χ4v) is 8.89. The predicted octanol–water partition coefficient (Wildman–Crippen LogP) is 12.9. The molecule has 51 heavy (non-hydrogen) atoms. The van der Waals surface area contributed by atoms with Gasteiger partial charge in [-0.1, -0.05) is 125 Å². The van der Waals surface area contributed by atoms with Gasteiger partial charge in [-0.05, 0) is 112 Å². The Bertz CT molecular complexity index is 2450. The number of hydrogen-bond donors (Lipinski definition) is 0. The molecule has 0 spiro atoms. The highest BCUT2D eigenvalue weighted by molar-refractivity contribution is 5.89.